The van der Waals surface area contributed by atoms with Crippen LogP contribution in [0.5, 0.6) is 0 Å². The molecule has 1 atom stereocenters. The van der Waals surface area contributed by atoms with E-state index in [9.17, 15) is 4.79 Å². The highest BCUT2D eigenvalue weighted by Crippen LogP contribution is 2.23. The summed E-state index contributed by atoms with van der Waals surface area (Å²) in [5.74, 6) is 1.59. The van der Waals surface area contributed by atoms with Gasteiger partial charge in [0.15, 0.2) is 0 Å². The van der Waals surface area contributed by atoms with Crippen molar-refractivity contribution in [3.63, 3.8) is 0 Å². The maximum absolute atomic E-state index is 12.5. The third-order valence-electron chi connectivity index (χ3n) is 4.26. The number of anilines is 1. The second kappa shape index (κ2) is 6.41. The van der Waals surface area contributed by atoms with Gasteiger partial charge in [0, 0.05) is 32.0 Å². The van der Waals surface area contributed by atoms with E-state index in [0.29, 0.717) is 18.8 Å². The van der Waals surface area contributed by atoms with Gasteiger partial charge in [-0.25, -0.2) is 9.78 Å². The number of nitrogens with one attached hydrogen (secondary N) is 2. The van der Waals surface area contributed by atoms with Crippen molar-refractivity contribution in [3.8, 4) is 0 Å². The van der Waals surface area contributed by atoms with E-state index in [1.807, 2.05) is 13.8 Å². The topological polar surface area (TPSA) is 90.3 Å². The number of hydrogen-bond acceptors (Lipinski definition) is 5. The molecule has 0 aliphatic carbocycles. The molecule has 0 bridgehead atoms. The maximum atomic E-state index is 12.5. The highest BCUT2D eigenvalue weighted by atomic mass is 16.4. The van der Waals surface area contributed by atoms with Gasteiger partial charge < -0.3 is 14.3 Å². The molecule has 1 fully saturated rings. The van der Waals surface area contributed by atoms with E-state index in [2.05, 4.69) is 32.1 Å². The lowest BCUT2D eigenvalue weighted by Crippen LogP contribution is -2.51. The van der Waals surface area contributed by atoms with Gasteiger partial charge in [-0.3, -0.25) is 10.2 Å². The lowest BCUT2D eigenvalue weighted by molar-refractivity contribution is 0.0944. The summed E-state index contributed by atoms with van der Waals surface area (Å²) in [7, 11) is 0. The summed E-state index contributed by atoms with van der Waals surface area (Å²) in [6, 6.07) is 0.124. The first kappa shape index (κ1) is 15.5. The number of aromatic nitrogens is 3. The van der Waals surface area contributed by atoms with Gasteiger partial charge >= 0.3 is 12.0 Å². The summed E-state index contributed by atoms with van der Waals surface area (Å²) in [4.78, 5) is 28.2. The monoisotopic (exact) mass is 318 g/mol. The summed E-state index contributed by atoms with van der Waals surface area (Å²) >= 11 is 0. The van der Waals surface area contributed by atoms with Crippen molar-refractivity contribution in [2.75, 3.05) is 31.5 Å². The Labute approximate surface area is 134 Å². The van der Waals surface area contributed by atoms with Crippen LogP contribution >= 0.6 is 0 Å². The number of imidazole rings is 1. The zero-order chi connectivity index (χ0) is 16.4. The zero-order valence-electron chi connectivity index (χ0n) is 13.7. The Morgan fingerprint density at radius 3 is 2.91 bits per heavy atom. The van der Waals surface area contributed by atoms with E-state index < -0.39 is 0 Å². The van der Waals surface area contributed by atoms with Gasteiger partial charge in [-0.15, -0.1) is 0 Å². The van der Waals surface area contributed by atoms with E-state index >= 15 is 0 Å². The first-order chi connectivity index (χ1) is 11.1. The molecule has 3 rings (SSSR count). The van der Waals surface area contributed by atoms with Crippen LogP contribution in [0, 0.1) is 13.8 Å². The fourth-order valence-corrected chi connectivity index (χ4v) is 2.80. The Balaban J connectivity index is 1.69. The zero-order valence-corrected chi connectivity index (χ0v) is 13.7. The Hall–Kier alpha value is -2.35. The number of likely N-dealkylation sites (N-methyl/N-ethyl adjacent to an activating group) is 1. The van der Waals surface area contributed by atoms with Gasteiger partial charge in [0.25, 0.3) is 0 Å². The van der Waals surface area contributed by atoms with Crippen molar-refractivity contribution < 1.29 is 9.21 Å². The minimum Gasteiger partial charge on any atom is -0.428 e. The van der Waals surface area contributed by atoms with Crippen molar-refractivity contribution in [1.29, 1.82) is 0 Å². The van der Waals surface area contributed by atoms with E-state index in [-0.39, 0.29) is 18.1 Å². The van der Waals surface area contributed by atoms with E-state index in [4.69, 9.17) is 4.42 Å². The molecule has 124 valence electrons. The van der Waals surface area contributed by atoms with Gasteiger partial charge in [0.2, 0.25) is 0 Å². The molecule has 3 heterocycles. The van der Waals surface area contributed by atoms with Crippen molar-refractivity contribution in [1.82, 2.24) is 24.8 Å². The summed E-state index contributed by atoms with van der Waals surface area (Å²) in [5.41, 5.74) is 0.782. The van der Waals surface area contributed by atoms with Crippen LogP contribution in [-0.4, -0.2) is 57.0 Å². The van der Waals surface area contributed by atoms with Crippen LogP contribution in [-0.2, 0) is 0 Å². The lowest BCUT2D eigenvalue weighted by atomic mass is 10.1. The summed E-state index contributed by atoms with van der Waals surface area (Å²) in [6.45, 7) is 8.75. The molecule has 0 unspecified atom stereocenters. The van der Waals surface area contributed by atoms with Crippen molar-refractivity contribution in [2.45, 2.75) is 26.8 Å². The van der Waals surface area contributed by atoms with Crippen LogP contribution in [0.3, 0.4) is 0 Å². The minimum atomic E-state index is -0.196. The van der Waals surface area contributed by atoms with E-state index in [1.165, 1.54) is 0 Å². The molecule has 23 heavy (non-hydrogen) atoms. The molecule has 2 amide bonds. The lowest BCUT2D eigenvalue weighted by Gasteiger charge is -2.39. The number of piperazine rings is 1. The fourth-order valence-electron chi connectivity index (χ4n) is 2.80. The van der Waals surface area contributed by atoms with E-state index in [1.54, 1.807) is 17.3 Å². The highest BCUT2D eigenvalue weighted by molar-refractivity contribution is 5.87. The number of H-pyrrole nitrogens is 1. The molecule has 0 aromatic carbocycles. The highest BCUT2D eigenvalue weighted by Gasteiger charge is 2.31. The van der Waals surface area contributed by atoms with E-state index in [0.717, 1.165) is 24.6 Å². The van der Waals surface area contributed by atoms with Crippen LogP contribution in [0.25, 0.3) is 0 Å². The summed E-state index contributed by atoms with van der Waals surface area (Å²) in [6.07, 6.45) is 3.54. The molecule has 0 radical (unpaired) electrons. The van der Waals surface area contributed by atoms with Crippen LogP contribution in [0.1, 0.15) is 30.2 Å². The number of carbonyl (C=O) groups is 1. The van der Waals surface area contributed by atoms with Crippen molar-refractivity contribution >= 4 is 12.0 Å². The second-order valence-electron chi connectivity index (χ2n) is 5.66. The molecule has 8 nitrogen and oxygen atoms in total. The molecule has 2 aromatic rings. The first-order valence-corrected chi connectivity index (χ1v) is 7.81. The summed E-state index contributed by atoms with van der Waals surface area (Å²) < 4.78 is 5.42. The SMILES string of the molecule is CCN1CCN(C(=O)Nc2nc(C)c(C)o2)C[C@@H]1c1ncc[nH]1. The Morgan fingerprint density at radius 1 is 1.48 bits per heavy atom. The normalized spacial score (nSPS) is 19.1. The Bertz CT molecular complexity index is 646. The first-order valence-electron chi connectivity index (χ1n) is 7.81. The Morgan fingerprint density at radius 2 is 2.30 bits per heavy atom. The van der Waals surface area contributed by atoms with Crippen LogP contribution < -0.4 is 5.32 Å². The number of urea groups is 1. The van der Waals surface area contributed by atoms with Crippen LogP contribution in [0.2, 0.25) is 0 Å². The Kier molecular flexibility index (Phi) is 4.33. The molecule has 0 saturated carbocycles. The summed E-state index contributed by atoms with van der Waals surface area (Å²) in [5, 5.41) is 2.73. The largest absolute Gasteiger partial charge is 0.428 e. The number of carbonyl (C=O) groups excluding carboxylic acids is 1. The second-order valence-corrected chi connectivity index (χ2v) is 5.66. The quantitative estimate of drug-likeness (QED) is 0.902. The third-order valence-corrected chi connectivity index (χ3v) is 4.26. The number of hydrogen-bond donors (Lipinski definition) is 2. The number of nitrogens with zero attached hydrogens (tertiary/aromatic N) is 4. The maximum Gasteiger partial charge on any atom is 0.325 e. The number of aryl methyl sites for hydroxylation is 2. The number of aromatic amines is 1. The molecule has 1 aliphatic rings. The molecule has 2 aromatic heterocycles. The standard InChI is InChI=1S/C15H22N6O2/c1-4-20-7-8-21(9-12(20)13-16-5-6-17-13)15(22)19-14-18-10(2)11(3)23-14/h5-6,12H,4,7-9H2,1-3H3,(H,16,17)(H,18,19,22)/t12-/m1/s1. The fraction of sp³-hybridized carbons (Fsp3) is 0.533. The average Bonchev–Trinajstić information content (AvgIpc) is 3.17. The molecular weight excluding hydrogens is 296 g/mol. The third kappa shape index (κ3) is 3.21. The van der Waals surface area contributed by atoms with Gasteiger partial charge in [0.05, 0.1) is 11.7 Å². The number of amides is 2. The van der Waals surface area contributed by atoms with Gasteiger partial charge in [-0.2, -0.15) is 4.98 Å². The molecular formula is C15H22N6O2. The van der Waals surface area contributed by atoms with Gasteiger partial charge in [-0.05, 0) is 20.4 Å². The van der Waals surface area contributed by atoms with Crippen LogP contribution in [0.15, 0.2) is 16.8 Å². The van der Waals surface area contributed by atoms with Gasteiger partial charge in [0.1, 0.15) is 11.6 Å². The van der Waals surface area contributed by atoms with Crippen molar-refractivity contribution in [3.05, 3.63) is 29.7 Å². The van der Waals surface area contributed by atoms with Crippen molar-refractivity contribution in [2.24, 2.45) is 0 Å². The molecule has 2 N–H and O–H groups in total. The smallest absolute Gasteiger partial charge is 0.325 e. The number of oxazole rings is 1. The average molecular weight is 318 g/mol. The predicted molar refractivity (Wildman–Crippen MR) is 85.1 cm³/mol. The number of rotatable bonds is 3. The van der Waals surface area contributed by atoms with Crippen LogP contribution in [0.4, 0.5) is 10.8 Å². The van der Waals surface area contributed by atoms with Gasteiger partial charge in [-0.1, -0.05) is 6.92 Å². The molecule has 1 saturated heterocycles. The predicted octanol–water partition coefficient (Wildman–Crippen LogP) is 1.93. The molecule has 8 heteroatoms. The molecule has 1 aliphatic heterocycles. The minimum absolute atomic E-state index is 0.0718. The molecule has 0 spiro atoms.